The molecule has 6 nitrogen and oxygen atoms in total. The van der Waals surface area contributed by atoms with Crippen LogP contribution in [0, 0.1) is 0 Å². The van der Waals surface area contributed by atoms with Gasteiger partial charge in [-0.15, -0.1) is 11.3 Å². The number of carbonyl (C=O) groups is 2. The highest BCUT2D eigenvalue weighted by Crippen LogP contribution is 2.24. The van der Waals surface area contributed by atoms with Crippen molar-refractivity contribution in [3.05, 3.63) is 29.7 Å². The maximum absolute atomic E-state index is 12.3. The van der Waals surface area contributed by atoms with Gasteiger partial charge in [-0.3, -0.25) is 9.59 Å². The van der Waals surface area contributed by atoms with Crippen LogP contribution < -0.4 is 5.32 Å². The SMILES string of the molecule is CCC(CC)(CC(=O)O)NC(=O)Cc1csc(-c2ccoc2)n1. The molecule has 2 aromatic heterocycles. The van der Waals surface area contributed by atoms with Gasteiger partial charge in [0.05, 0.1) is 24.8 Å². The number of carboxylic acids is 1. The van der Waals surface area contributed by atoms with Gasteiger partial charge in [0, 0.05) is 16.5 Å². The van der Waals surface area contributed by atoms with E-state index in [1.165, 1.54) is 11.3 Å². The molecule has 124 valence electrons. The van der Waals surface area contributed by atoms with E-state index in [0.29, 0.717) is 18.5 Å². The molecule has 0 aliphatic rings. The summed E-state index contributed by atoms with van der Waals surface area (Å²) in [5, 5.41) is 14.6. The molecule has 0 radical (unpaired) electrons. The number of amides is 1. The zero-order chi connectivity index (χ0) is 16.9. The molecular weight excluding hydrogens is 316 g/mol. The smallest absolute Gasteiger partial charge is 0.305 e. The molecule has 0 fully saturated rings. The standard InChI is InChI=1S/C16H20N2O4S/c1-3-16(4-2,8-14(20)21)18-13(19)7-12-10-23-15(17-12)11-5-6-22-9-11/h5-6,9-10H,3-4,7-8H2,1-2H3,(H,18,19)(H,20,21). The zero-order valence-corrected chi connectivity index (χ0v) is 14.0. The Morgan fingerprint density at radius 2 is 2.13 bits per heavy atom. The van der Waals surface area contributed by atoms with Crippen LogP contribution in [0.5, 0.6) is 0 Å². The predicted octanol–water partition coefficient (Wildman–Crippen LogP) is 3.10. The van der Waals surface area contributed by atoms with Gasteiger partial charge in [-0.05, 0) is 18.9 Å². The van der Waals surface area contributed by atoms with E-state index in [9.17, 15) is 9.59 Å². The minimum atomic E-state index is -0.912. The molecule has 1 amide bonds. The molecule has 0 saturated heterocycles. The zero-order valence-electron chi connectivity index (χ0n) is 13.2. The quantitative estimate of drug-likeness (QED) is 0.773. The third-order valence-electron chi connectivity index (χ3n) is 3.91. The molecule has 23 heavy (non-hydrogen) atoms. The van der Waals surface area contributed by atoms with Crippen molar-refractivity contribution in [3.8, 4) is 10.6 Å². The van der Waals surface area contributed by atoms with Crippen molar-refractivity contribution >= 4 is 23.2 Å². The number of aliphatic carboxylic acids is 1. The second-order valence-corrected chi connectivity index (χ2v) is 6.30. The maximum Gasteiger partial charge on any atom is 0.305 e. The lowest BCUT2D eigenvalue weighted by atomic mass is 9.88. The first-order valence-corrected chi connectivity index (χ1v) is 8.35. The van der Waals surface area contributed by atoms with Crippen molar-refractivity contribution in [1.82, 2.24) is 10.3 Å². The molecule has 7 heteroatoms. The fraction of sp³-hybridized carbons (Fsp3) is 0.438. The molecule has 0 aromatic carbocycles. The summed E-state index contributed by atoms with van der Waals surface area (Å²) in [6.45, 7) is 3.76. The highest BCUT2D eigenvalue weighted by atomic mass is 32.1. The first-order chi connectivity index (χ1) is 11.0. The third-order valence-corrected chi connectivity index (χ3v) is 4.85. The Balaban J connectivity index is 2.02. The van der Waals surface area contributed by atoms with Gasteiger partial charge in [0.1, 0.15) is 11.3 Å². The highest BCUT2D eigenvalue weighted by molar-refractivity contribution is 7.13. The van der Waals surface area contributed by atoms with Crippen molar-refractivity contribution in [2.75, 3.05) is 0 Å². The Bertz CT molecular complexity index is 659. The summed E-state index contributed by atoms with van der Waals surface area (Å²) in [4.78, 5) is 27.7. The van der Waals surface area contributed by atoms with Gasteiger partial charge in [-0.1, -0.05) is 13.8 Å². The number of hydrogen-bond acceptors (Lipinski definition) is 5. The number of nitrogens with one attached hydrogen (secondary N) is 1. The van der Waals surface area contributed by atoms with E-state index in [1.807, 2.05) is 25.3 Å². The average Bonchev–Trinajstić information content (AvgIpc) is 3.16. The van der Waals surface area contributed by atoms with Crippen molar-refractivity contribution in [1.29, 1.82) is 0 Å². The minimum absolute atomic E-state index is 0.0803. The summed E-state index contributed by atoms with van der Waals surface area (Å²) < 4.78 is 5.02. The third kappa shape index (κ3) is 4.41. The number of nitrogens with zero attached hydrogens (tertiary/aromatic N) is 1. The Kier molecular flexibility index (Phi) is 5.54. The summed E-state index contributed by atoms with van der Waals surface area (Å²) in [7, 11) is 0. The number of rotatable bonds is 8. The topological polar surface area (TPSA) is 92.4 Å². The lowest BCUT2D eigenvalue weighted by Gasteiger charge is -2.31. The van der Waals surface area contributed by atoms with Gasteiger partial charge in [0.2, 0.25) is 5.91 Å². The Morgan fingerprint density at radius 1 is 1.39 bits per heavy atom. The summed E-state index contributed by atoms with van der Waals surface area (Å²) in [5.74, 6) is -1.12. The van der Waals surface area contributed by atoms with Crippen molar-refractivity contribution in [2.45, 2.75) is 45.1 Å². The van der Waals surface area contributed by atoms with Crippen LogP contribution in [0.4, 0.5) is 0 Å². The average molecular weight is 336 g/mol. The van der Waals surface area contributed by atoms with Gasteiger partial charge in [-0.2, -0.15) is 0 Å². The van der Waals surface area contributed by atoms with Crippen LogP contribution >= 0.6 is 11.3 Å². The van der Waals surface area contributed by atoms with E-state index in [-0.39, 0.29) is 18.7 Å². The van der Waals surface area contributed by atoms with E-state index < -0.39 is 11.5 Å². The van der Waals surface area contributed by atoms with E-state index >= 15 is 0 Å². The van der Waals surface area contributed by atoms with E-state index in [0.717, 1.165) is 10.6 Å². The normalized spacial score (nSPS) is 11.4. The monoisotopic (exact) mass is 336 g/mol. The van der Waals surface area contributed by atoms with Gasteiger partial charge in [-0.25, -0.2) is 4.98 Å². The lowest BCUT2D eigenvalue weighted by molar-refractivity contribution is -0.139. The number of carboxylic acid groups (broad SMARTS) is 1. The van der Waals surface area contributed by atoms with Crippen LogP contribution in [-0.2, 0) is 16.0 Å². The molecule has 0 aliphatic heterocycles. The largest absolute Gasteiger partial charge is 0.481 e. The van der Waals surface area contributed by atoms with Gasteiger partial charge in [0.25, 0.3) is 0 Å². The molecule has 2 rings (SSSR count). The van der Waals surface area contributed by atoms with Crippen molar-refractivity contribution in [2.24, 2.45) is 0 Å². The Hall–Kier alpha value is -2.15. The molecule has 0 saturated carbocycles. The number of furan rings is 1. The fourth-order valence-corrected chi connectivity index (χ4v) is 3.23. The number of thiazole rings is 1. The Labute approximate surface area is 138 Å². The number of carbonyl (C=O) groups excluding carboxylic acids is 1. The fourth-order valence-electron chi connectivity index (χ4n) is 2.42. The number of aromatic nitrogens is 1. The van der Waals surface area contributed by atoms with E-state index in [2.05, 4.69) is 10.3 Å². The summed E-state index contributed by atoms with van der Waals surface area (Å²) in [6, 6.07) is 1.81. The molecule has 0 unspecified atom stereocenters. The molecule has 2 aromatic rings. The number of hydrogen-bond donors (Lipinski definition) is 2. The summed E-state index contributed by atoms with van der Waals surface area (Å²) >= 11 is 1.44. The first-order valence-electron chi connectivity index (χ1n) is 7.48. The summed E-state index contributed by atoms with van der Waals surface area (Å²) in [6.07, 6.45) is 4.37. The second kappa shape index (κ2) is 7.41. The van der Waals surface area contributed by atoms with Gasteiger partial charge < -0.3 is 14.8 Å². The first kappa shape index (κ1) is 17.2. The van der Waals surface area contributed by atoms with Crippen molar-refractivity contribution < 1.29 is 19.1 Å². The predicted molar refractivity (Wildman–Crippen MR) is 87.2 cm³/mol. The molecule has 2 N–H and O–H groups in total. The Morgan fingerprint density at radius 3 is 2.70 bits per heavy atom. The minimum Gasteiger partial charge on any atom is -0.481 e. The second-order valence-electron chi connectivity index (χ2n) is 5.44. The van der Waals surface area contributed by atoms with E-state index in [4.69, 9.17) is 9.52 Å². The van der Waals surface area contributed by atoms with Crippen molar-refractivity contribution in [3.63, 3.8) is 0 Å². The van der Waals surface area contributed by atoms with E-state index in [1.54, 1.807) is 12.5 Å². The lowest BCUT2D eigenvalue weighted by Crippen LogP contribution is -2.49. The highest BCUT2D eigenvalue weighted by Gasteiger charge is 2.31. The van der Waals surface area contributed by atoms with Crippen LogP contribution in [0.1, 0.15) is 38.8 Å². The van der Waals surface area contributed by atoms with Gasteiger partial charge in [0.15, 0.2) is 0 Å². The summed E-state index contributed by atoms with van der Waals surface area (Å²) in [5.41, 5.74) is 0.843. The molecular formula is C16H20N2O4S. The van der Waals surface area contributed by atoms with Crippen LogP contribution in [0.25, 0.3) is 10.6 Å². The molecule has 2 heterocycles. The van der Waals surface area contributed by atoms with Crippen LogP contribution in [0.3, 0.4) is 0 Å². The van der Waals surface area contributed by atoms with Crippen LogP contribution in [0.15, 0.2) is 28.4 Å². The molecule has 0 bridgehead atoms. The van der Waals surface area contributed by atoms with Gasteiger partial charge >= 0.3 is 5.97 Å². The van der Waals surface area contributed by atoms with Crippen LogP contribution in [0.2, 0.25) is 0 Å². The molecule has 0 atom stereocenters. The molecule has 0 spiro atoms. The maximum atomic E-state index is 12.3. The van der Waals surface area contributed by atoms with Crippen LogP contribution in [-0.4, -0.2) is 27.5 Å². The molecule has 0 aliphatic carbocycles.